The molecular weight excluding hydrogens is 484 g/mol. The van der Waals surface area contributed by atoms with E-state index < -0.39 is 15.3 Å². The minimum absolute atomic E-state index is 0. The zero-order valence-corrected chi connectivity index (χ0v) is 23.0. The summed E-state index contributed by atoms with van der Waals surface area (Å²) < 4.78 is 26.8. The van der Waals surface area contributed by atoms with Crippen LogP contribution in [0.15, 0.2) is 29.3 Å². The zero-order valence-electron chi connectivity index (χ0n) is 22.2. The standard InChI is InChI=1S/C29H38N4O3S.H2/c1-18(2)20-8-10-22(11-9-20)37(35,36)23-12-13-25(19(3)16-23)31-28-30-17-24-26(32-28)33(21-6-4-5-7-21)27(34)29(24)14-15-29;/h12-13,16-18,20-22H,4-11,14-15H2,1-3H3,(H,30,31,32);1H. The van der Waals surface area contributed by atoms with E-state index in [9.17, 15) is 13.2 Å². The molecule has 1 aromatic heterocycles. The molecule has 0 saturated heterocycles. The lowest BCUT2D eigenvalue weighted by Gasteiger charge is -2.30. The number of carbonyl (C=O) groups excluding carboxylic acids is 1. The van der Waals surface area contributed by atoms with E-state index in [0.717, 1.165) is 86.8 Å². The first-order valence-electron chi connectivity index (χ1n) is 14.0. The van der Waals surface area contributed by atoms with E-state index in [-0.39, 0.29) is 18.6 Å². The second-order valence-corrected chi connectivity index (χ2v) is 14.3. The summed E-state index contributed by atoms with van der Waals surface area (Å²) in [5.74, 6) is 2.64. The molecule has 200 valence electrons. The summed E-state index contributed by atoms with van der Waals surface area (Å²) in [5, 5.41) is 3.00. The average Bonchev–Trinajstić information content (AvgIpc) is 3.45. The summed E-state index contributed by atoms with van der Waals surface area (Å²) in [6.07, 6.45) is 11.4. The van der Waals surface area contributed by atoms with Gasteiger partial charge in [-0.3, -0.25) is 9.69 Å². The molecule has 0 atom stereocenters. The lowest BCUT2D eigenvalue weighted by molar-refractivity contribution is -0.120. The largest absolute Gasteiger partial charge is 0.324 e. The van der Waals surface area contributed by atoms with E-state index in [1.165, 1.54) is 0 Å². The molecule has 0 unspecified atom stereocenters. The Kier molecular flexibility index (Phi) is 6.09. The van der Waals surface area contributed by atoms with Crippen LogP contribution in [0.2, 0.25) is 0 Å². The van der Waals surface area contributed by atoms with Crippen LogP contribution in [0.4, 0.5) is 17.5 Å². The second-order valence-electron chi connectivity index (χ2n) is 12.1. The van der Waals surface area contributed by atoms with Gasteiger partial charge in [0.05, 0.1) is 15.6 Å². The first kappa shape index (κ1) is 24.8. The van der Waals surface area contributed by atoms with Crippen molar-refractivity contribution in [3.05, 3.63) is 35.5 Å². The molecule has 0 radical (unpaired) electrons. The fourth-order valence-corrected chi connectivity index (χ4v) is 8.71. The van der Waals surface area contributed by atoms with Crippen LogP contribution in [0.5, 0.6) is 0 Å². The number of nitrogens with one attached hydrogen (secondary N) is 1. The highest BCUT2D eigenvalue weighted by atomic mass is 32.2. The number of carbonyl (C=O) groups is 1. The van der Waals surface area contributed by atoms with Gasteiger partial charge < -0.3 is 5.32 Å². The zero-order chi connectivity index (χ0) is 25.9. The Bertz CT molecular complexity index is 1330. The summed E-state index contributed by atoms with van der Waals surface area (Å²) in [6.45, 7) is 6.37. The third-order valence-electron chi connectivity index (χ3n) is 9.45. The molecule has 1 spiro atoms. The summed E-state index contributed by atoms with van der Waals surface area (Å²) in [4.78, 5) is 25.1. The minimum Gasteiger partial charge on any atom is -0.324 e. The van der Waals surface area contributed by atoms with Gasteiger partial charge in [-0.05, 0) is 93.9 Å². The van der Waals surface area contributed by atoms with Crippen LogP contribution in [0.1, 0.15) is 90.6 Å². The number of benzene rings is 1. The first-order chi connectivity index (χ1) is 17.7. The van der Waals surface area contributed by atoms with Crippen molar-refractivity contribution < 1.29 is 14.6 Å². The van der Waals surface area contributed by atoms with Crippen molar-refractivity contribution in [3.8, 4) is 0 Å². The van der Waals surface area contributed by atoms with E-state index >= 15 is 0 Å². The highest BCUT2D eigenvalue weighted by Gasteiger charge is 2.61. The summed E-state index contributed by atoms with van der Waals surface area (Å²) >= 11 is 0. The number of rotatable bonds is 6. The lowest BCUT2D eigenvalue weighted by atomic mass is 9.81. The predicted molar refractivity (Wildman–Crippen MR) is 147 cm³/mol. The molecule has 2 heterocycles. The number of aryl methyl sites for hydroxylation is 1. The molecule has 1 aliphatic heterocycles. The number of amides is 1. The van der Waals surface area contributed by atoms with Gasteiger partial charge in [-0.25, -0.2) is 13.4 Å². The number of aromatic nitrogens is 2. The molecule has 1 N–H and O–H groups in total. The summed E-state index contributed by atoms with van der Waals surface area (Å²) in [7, 11) is -3.36. The van der Waals surface area contributed by atoms with E-state index in [1.807, 2.05) is 24.1 Å². The van der Waals surface area contributed by atoms with Crippen LogP contribution in [-0.2, 0) is 20.0 Å². The monoisotopic (exact) mass is 524 g/mol. The molecule has 3 aliphatic carbocycles. The van der Waals surface area contributed by atoms with Gasteiger partial charge in [-0.1, -0.05) is 26.7 Å². The fourth-order valence-electron chi connectivity index (χ4n) is 6.84. The quantitative estimate of drug-likeness (QED) is 0.492. The van der Waals surface area contributed by atoms with Crippen molar-refractivity contribution >= 4 is 33.2 Å². The van der Waals surface area contributed by atoms with E-state index in [4.69, 9.17) is 4.98 Å². The average molecular weight is 525 g/mol. The van der Waals surface area contributed by atoms with Crippen molar-refractivity contribution in [3.63, 3.8) is 0 Å². The molecule has 3 saturated carbocycles. The molecule has 0 bridgehead atoms. The maximum absolute atomic E-state index is 13.4. The van der Waals surface area contributed by atoms with Crippen LogP contribution in [-0.4, -0.2) is 35.6 Å². The smallest absolute Gasteiger partial charge is 0.239 e. The van der Waals surface area contributed by atoms with Gasteiger partial charge >= 0.3 is 0 Å². The van der Waals surface area contributed by atoms with Gasteiger partial charge in [-0.15, -0.1) is 0 Å². The maximum atomic E-state index is 13.4. The molecule has 4 aliphatic rings. The third-order valence-corrected chi connectivity index (χ3v) is 11.7. The summed E-state index contributed by atoms with van der Waals surface area (Å²) in [6, 6.07) is 5.53. The third kappa shape index (κ3) is 4.16. The molecule has 2 aromatic rings. The number of fused-ring (bicyclic) bond motifs is 2. The molecule has 6 rings (SSSR count). The molecular formula is C29H40N4O3S. The SMILES string of the molecule is Cc1cc(S(=O)(=O)C2CCC(C(C)C)CC2)ccc1Nc1ncc2c(n1)N(C1CCCC1)C(=O)C21CC1.[HH]. The van der Waals surface area contributed by atoms with E-state index in [1.54, 1.807) is 12.1 Å². The normalized spacial score (nSPS) is 25.2. The number of sulfone groups is 1. The molecule has 37 heavy (non-hydrogen) atoms. The van der Waals surface area contributed by atoms with Gasteiger partial charge in [-0.2, -0.15) is 4.98 Å². The van der Waals surface area contributed by atoms with Crippen molar-refractivity contribution in [2.75, 3.05) is 10.2 Å². The summed E-state index contributed by atoms with van der Waals surface area (Å²) in [5.41, 5.74) is 2.19. The Morgan fingerprint density at radius 3 is 2.41 bits per heavy atom. The molecule has 3 fully saturated rings. The van der Waals surface area contributed by atoms with Gasteiger partial charge in [0.2, 0.25) is 11.9 Å². The van der Waals surface area contributed by atoms with Crippen LogP contribution in [0.3, 0.4) is 0 Å². The van der Waals surface area contributed by atoms with Crippen LogP contribution < -0.4 is 10.2 Å². The van der Waals surface area contributed by atoms with Crippen molar-refractivity contribution in [1.29, 1.82) is 0 Å². The van der Waals surface area contributed by atoms with E-state index in [2.05, 4.69) is 24.1 Å². The Hall–Kier alpha value is -2.48. The Labute approximate surface area is 221 Å². The maximum Gasteiger partial charge on any atom is 0.239 e. The molecule has 7 nitrogen and oxygen atoms in total. The number of hydrogen-bond donors (Lipinski definition) is 1. The fraction of sp³-hybridized carbons (Fsp3) is 0.621. The van der Waals surface area contributed by atoms with Gasteiger partial charge in [0.25, 0.3) is 0 Å². The van der Waals surface area contributed by atoms with Crippen LogP contribution in [0, 0.1) is 18.8 Å². The van der Waals surface area contributed by atoms with Crippen molar-refractivity contribution in [1.82, 2.24) is 9.97 Å². The van der Waals surface area contributed by atoms with Crippen molar-refractivity contribution in [2.45, 2.75) is 107 Å². The highest BCUT2D eigenvalue weighted by molar-refractivity contribution is 7.92. The Morgan fingerprint density at radius 1 is 1.08 bits per heavy atom. The second kappa shape index (κ2) is 9.07. The van der Waals surface area contributed by atoms with E-state index in [0.29, 0.717) is 22.7 Å². The van der Waals surface area contributed by atoms with Gasteiger partial charge in [0.15, 0.2) is 9.84 Å². The Balaban J connectivity index is 0.00000294. The van der Waals surface area contributed by atoms with Crippen LogP contribution >= 0.6 is 0 Å². The van der Waals surface area contributed by atoms with Crippen LogP contribution in [0.25, 0.3) is 0 Å². The number of hydrogen-bond acceptors (Lipinski definition) is 6. The predicted octanol–water partition coefficient (Wildman–Crippen LogP) is 6.08. The van der Waals surface area contributed by atoms with Gasteiger partial charge in [0.1, 0.15) is 5.82 Å². The van der Waals surface area contributed by atoms with Crippen molar-refractivity contribution in [2.24, 2.45) is 11.8 Å². The molecule has 1 amide bonds. The number of nitrogens with zero attached hydrogens (tertiary/aromatic N) is 3. The minimum atomic E-state index is -3.36. The number of anilines is 3. The lowest BCUT2D eigenvalue weighted by Crippen LogP contribution is -2.39. The molecule has 1 aromatic carbocycles. The van der Waals surface area contributed by atoms with Gasteiger partial charge in [0, 0.05) is 24.9 Å². The molecule has 8 heteroatoms. The first-order valence-corrected chi connectivity index (χ1v) is 15.6. The Morgan fingerprint density at radius 2 is 1.78 bits per heavy atom. The topological polar surface area (TPSA) is 92.3 Å². The highest BCUT2D eigenvalue weighted by Crippen LogP contribution is 2.57.